The van der Waals surface area contributed by atoms with Crippen LogP contribution in [0.15, 0.2) is 16.8 Å². The van der Waals surface area contributed by atoms with Crippen LogP contribution in [-0.4, -0.2) is 19.9 Å². The molecule has 2 heterocycles. The summed E-state index contributed by atoms with van der Waals surface area (Å²) < 4.78 is 7.34. The Morgan fingerprint density at radius 2 is 2.25 bits per heavy atom. The zero-order chi connectivity index (χ0) is 11.7. The van der Waals surface area contributed by atoms with Gasteiger partial charge in [-0.15, -0.1) is 10.2 Å². The van der Waals surface area contributed by atoms with E-state index in [1.54, 1.807) is 6.33 Å². The molecule has 0 saturated carbocycles. The first-order valence-corrected chi connectivity index (χ1v) is 5.19. The van der Waals surface area contributed by atoms with Crippen molar-refractivity contribution in [1.82, 2.24) is 14.8 Å². The number of rotatable bonds is 3. The summed E-state index contributed by atoms with van der Waals surface area (Å²) in [7, 11) is 0. The van der Waals surface area contributed by atoms with Crippen LogP contribution in [0.1, 0.15) is 35.9 Å². The quantitative estimate of drug-likeness (QED) is 0.854. The Hall–Kier alpha value is -1.62. The summed E-state index contributed by atoms with van der Waals surface area (Å²) in [5, 5.41) is 16.8. The van der Waals surface area contributed by atoms with Gasteiger partial charge in [-0.3, -0.25) is 0 Å². The lowest BCUT2D eigenvalue weighted by molar-refractivity contribution is 0.263. The largest absolute Gasteiger partial charge is 0.466 e. The molecule has 1 atom stereocenters. The van der Waals surface area contributed by atoms with E-state index in [4.69, 9.17) is 9.52 Å². The number of nitrogens with zero attached hydrogens (tertiary/aromatic N) is 3. The molecule has 0 saturated heterocycles. The van der Waals surface area contributed by atoms with E-state index < -0.39 is 0 Å². The van der Waals surface area contributed by atoms with E-state index in [2.05, 4.69) is 10.2 Å². The molecule has 16 heavy (non-hydrogen) atoms. The molecule has 2 rings (SSSR count). The van der Waals surface area contributed by atoms with Gasteiger partial charge in [-0.05, 0) is 26.8 Å². The maximum atomic E-state index is 9.13. The molecule has 0 fully saturated rings. The first-order valence-electron chi connectivity index (χ1n) is 5.19. The summed E-state index contributed by atoms with van der Waals surface area (Å²) in [4.78, 5) is 0. The summed E-state index contributed by atoms with van der Waals surface area (Å²) in [6.45, 7) is 5.77. The number of hydrogen-bond acceptors (Lipinski definition) is 4. The molecular formula is C11H15N3O2. The third-order valence-electron chi connectivity index (χ3n) is 2.74. The van der Waals surface area contributed by atoms with Gasteiger partial charge in [-0.25, -0.2) is 0 Å². The standard InChI is InChI=1S/C11H15N3O2/c1-7-4-10(9(3)16-7)8(2)14-6-12-13-11(14)5-15/h4,6,8,15H,5H2,1-3H3. The molecule has 1 unspecified atom stereocenters. The van der Waals surface area contributed by atoms with Gasteiger partial charge < -0.3 is 14.1 Å². The van der Waals surface area contributed by atoms with Crippen LogP contribution in [-0.2, 0) is 6.61 Å². The normalized spacial score (nSPS) is 13.0. The Bertz CT molecular complexity index is 487. The van der Waals surface area contributed by atoms with Crippen LogP contribution in [0.25, 0.3) is 0 Å². The van der Waals surface area contributed by atoms with E-state index in [1.807, 2.05) is 31.4 Å². The number of hydrogen-bond donors (Lipinski definition) is 1. The van der Waals surface area contributed by atoms with Gasteiger partial charge in [0, 0.05) is 5.56 Å². The molecule has 0 amide bonds. The molecule has 0 spiro atoms. The predicted octanol–water partition coefficient (Wildman–Crippen LogP) is 1.59. The van der Waals surface area contributed by atoms with Gasteiger partial charge in [0.25, 0.3) is 0 Å². The van der Waals surface area contributed by atoms with E-state index >= 15 is 0 Å². The van der Waals surface area contributed by atoms with Crippen molar-refractivity contribution in [2.45, 2.75) is 33.4 Å². The second-order valence-corrected chi connectivity index (χ2v) is 3.86. The van der Waals surface area contributed by atoms with Crippen molar-refractivity contribution in [3.05, 3.63) is 35.3 Å². The van der Waals surface area contributed by atoms with Gasteiger partial charge in [0.1, 0.15) is 24.5 Å². The van der Waals surface area contributed by atoms with Crippen molar-refractivity contribution in [3.8, 4) is 0 Å². The van der Waals surface area contributed by atoms with Crippen molar-refractivity contribution in [1.29, 1.82) is 0 Å². The molecule has 0 bridgehead atoms. The lowest BCUT2D eigenvalue weighted by Gasteiger charge is -2.13. The minimum Gasteiger partial charge on any atom is -0.466 e. The van der Waals surface area contributed by atoms with Crippen molar-refractivity contribution < 1.29 is 9.52 Å². The van der Waals surface area contributed by atoms with Crippen LogP contribution >= 0.6 is 0 Å². The molecule has 2 aromatic rings. The number of aliphatic hydroxyl groups is 1. The average molecular weight is 221 g/mol. The van der Waals surface area contributed by atoms with Gasteiger partial charge >= 0.3 is 0 Å². The molecule has 0 aliphatic rings. The molecule has 5 nitrogen and oxygen atoms in total. The minimum atomic E-state index is -0.111. The Kier molecular flexibility index (Phi) is 2.78. The minimum absolute atomic E-state index is 0.0644. The molecule has 1 N–H and O–H groups in total. The van der Waals surface area contributed by atoms with Gasteiger partial charge in [-0.2, -0.15) is 0 Å². The van der Waals surface area contributed by atoms with E-state index in [9.17, 15) is 0 Å². The lowest BCUT2D eigenvalue weighted by Crippen LogP contribution is -2.10. The number of aromatic nitrogens is 3. The zero-order valence-electron chi connectivity index (χ0n) is 9.64. The maximum absolute atomic E-state index is 9.13. The summed E-state index contributed by atoms with van der Waals surface area (Å²) in [6, 6.07) is 2.07. The fourth-order valence-electron chi connectivity index (χ4n) is 1.92. The Morgan fingerprint density at radius 1 is 1.50 bits per heavy atom. The summed E-state index contributed by atoms with van der Waals surface area (Å²) in [5.74, 6) is 2.34. The molecule has 2 aromatic heterocycles. The monoisotopic (exact) mass is 221 g/mol. The first-order chi connectivity index (χ1) is 7.63. The highest BCUT2D eigenvalue weighted by Gasteiger charge is 2.17. The van der Waals surface area contributed by atoms with Gasteiger partial charge in [0.2, 0.25) is 0 Å². The molecule has 0 aliphatic heterocycles. The van der Waals surface area contributed by atoms with Gasteiger partial charge in [-0.1, -0.05) is 0 Å². The van der Waals surface area contributed by atoms with Crippen molar-refractivity contribution in [3.63, 3.8) is 0 Å². The highest BCUT2D eigenvalue weighted by atomic mass is 16.3. The second kappa shape index (κ2) is 4.09. The first kappa shape index (κ1) is 10.9. The van der Waals surface area contributed by atoms with Crippen LogP contribution in [0, 0.1) is 13.8 Å². The Morgan fingerprint density at radius 3 is 2.81 bits per heavy atom. The van der Waals surface area contributed by atoms with Crippen LogP contribution < -0.4 is 0 Å². The smallest absolute Gasteiger partial charge is 0.159 e. The Balaban J connectivity index is 2.38. The number of aliphatic hydroxyl groups excluding tert-OH is 1. The molecule has 0 aliphatic carbocycles. The SMILES string of the molecule is Cc1cc(C(C)n2cnnc2CO)c(C)o1. The van der Waals surface area contributed by atoms with Gasteiger partial charge in [0.05, 0.1) is 6.04 Å². The highest BCUT2D eigenvalue weighted by molar-refractivity contribution is 5.24. The second-order valence-electron chi connectivity index (χ2n) is 3.86. The number of aryl methyl sites for hydroxylation is 2. The van der Waals surface area contributed by atoms with Crippen molar-refractivity contribution in [2.24, 2.45) is 0 Å². The van der Waals surface area contributed by atoms with Crippen LogP contribution in [0.4, 0.5) is 0 Å². The number of furan rings is 1. The molecular weight excluding hydrogens is 206 g/mol. The third kappa shape index (κ3) is 1.74. The summed E-state index contributed by atoms with van der Waals surface area (Å²) in [5.41, 5.74) is 1.09. The summed E-state index contributed by atoms with van der Waals surface area (Å²) in [6.07, 6.45) is 1.62. The van der Waals surface area contributed by atoms with Crippen molar-refractivity contribution in [2.75, 3.05) is 0 Å². The van der Waals surface area contributed by atoms with E-state index in [-0.39, 0.29) is 12.6 Å². The third-order valence-corrected chi connectivity index (χ3v) is 2.74. The zero-order valence-corrected chi connectivity index (χ0v) is 9.64. The van der Waals surface area contributed by atoms with Crippen LogP contribution in [0.3, 0.4) is 0 Å². The van der Waals surface area contributed by atoms with E-state index in [1.165, 1.54) is 0 Å². The molecule has 5 heteroatoms. The van der Waals surface area contributed by atoms with E-state index in [0.29, 0.717) is 5.82 Å². The fourth-order valence-corrected chi connectivity index (χ4v) is 1.92. The van der Waals surface area contributed by atoms with Gasteiger partial charge in [0.15, 0.2) is 5.82 Å². The van der Waals surface area contributed by atoms with E-state index in [0.717, 1.165) is 17.1 Å². The molecule has 86 valence electrons. The molecule has 0 radical (unpaired) electrons. The fraction of sp³-hybridized carbons (Fsp3) is 0.455. The highest BCUT2D eigenvalue weighted by Crippen LogP contribution is 2.25. The van der Waals surface area contributed by atoms with Crippen molar-refractivity contribution >= 4 is 0 Å². The summed E-state index contributed by atoms with van der Waals surface area (Å²) >= 11 is 0. The Labute approximate surface area is 93.7 Å². The lowest BCUT2D eigenvalue weighted by atomic mass is 10.1. The van der Waals surface area contributed by atoms with Crippen LogP contribution in [0.2, 0.25) is 0 Å². The predicted molar refractivity (Wildman–Crippen MR) is 57.9 cm³/mol. The molecule has 0 aromatic carbocycles. The maximum Gasteiger partial charge on any atom is 0.159 e. The topological polar surface area (TPSA) is 64.1 Å². The van der Waals surface area contributed by atoms with Crippen LogP contribution in [0.5, 0.6) is 0 Å². The average Bonchev–Trinajstić information content (AvgIpc) is 2.83.